The van der Waals surface area contributed by atoms with Crippen LogP contribution in [0.1, 0.15) is 36.0 Å². The Hall–Kier alpha value is -2.45. The Morgan fingerprint density at radius 2 is 1.81 bits per heavy atom. The number of anilines is 1. The average Bonchev–Trinajstić information content (AvgIpc) is 2.63. The Labute approximate surface area is 151 Å². The Morgan fingerprint density at radius 3 is 2.46 bits per heavy atom. The van der Waals surface area contributed by atoms with E-state index in [4.69, 9.17) is 14.6 Å². The smallest absolute Gasteiger partial charge is 0.305 e. The lowest BCUT2D eigenvalue weighted by molar-refractivity contribution is -0.136. The van der Waals surface area contributed by atoms with E-state index >= 15 is 0 Å². The number of ether oxygens (including phenoxy) is 2. The zero-order valence-corrected chi connectivity index (χ0v) is 14.5. The van der Waals surface area contributed by atoms with Crippen LogP contribution in [-0.4, -0.2) is 55.4 Å². The van der Waals surface area contributed by atoms with E-state index in [1.165, 1.54) is 0 Å². The van der Waals surface area contributed by atoms with E-state index in [0.717, 1.165) is 12.8 Å². The van der Waals surface area contributed by atoms with Crippen molar-refractivity contribution >= 4 is 23.5 Å². The molecule has 1 fully saturated rings. The minimum Gasteiger partial charge on any atom is -0.481 e. The van der Waals surface area contributed by atoms with Crippen LogP contribution in [0.3, 0.4) is 0 Å². The van der Waals surface area contributed by atoms with Gasteiger partial charge in [-0.05, 0) is 37.1 Å². The molecule has 0 atom stereocenters. The number of carbonyl (C=O) groups excluding carboxylic acids is 2. The van der Waals surface area contributed by atoms with Crippen molar-refractivity contribution in [2.75, 3.05) is 31.7 Å². The van der Waals surface area contributed by atoms with Gasteiger partial charge in [-0.1, -0.05) is 0 Å². The molecular formula is C18H24N2O6. The summed E-state index contributed by atoms with van der Waals surface area (Å²) in [4.78, 5) is 34.2. The van der Waals surface area contributed by atoms with Crippen molar-refractivity contribution in [3.8, 4) is 0 Å². The summed E-state index contributed by atoms with van der Waals surface area (Å²) in [5.74, 6) is -1.48. The summed E-state index contributed by atoms with van der Waals surface area (Å²) >= 11 is 0. The molecule has 0 aliphatic carbocycles. The fourth-order valence-electron chi connectivity index (χ4n) is 2.47. The van der Waals surface area contributed by atoms with Gasteiger partial charge >= 0.3 is 5.97 Å². The van der Waals surface area contributed by atoms with Crippen molar-refractivity contribution in [1.29, 1.82) is 0 Å². The van der Waals surface area contributed by atoms with Gasteiger partial charge in [-0.2, -0.15) is 0 Å². The lowest BCUT2D eigenvalue weighted by Gasteiger charge is -2.22. The van der Waals surface area contributed by atoms with Gasteiger partial charge < -0.3 is 25.2 Å². The maximum atomic E-state index is 11.9. The number of hydrogen-bond acceptors (Lipinski definition) is 5. The van der Waals surface area contributed by atoms with E-state index in [-0.39, 0.29) is 37.3 Å². The van der Waals surface area contributed by atoms with Crippen LogP contribution < -0.4 is 10.6 Å². The van der Waals surface area contributed by atoms with E-state index in [1.807, 2.05) is 0 Å². The standard InChI is InChI=1S/C18H24N2O6/c21-16(8-12-26-15-6-10-25-11-7-15)20-14-3-1-13(2-4-14)18(24)19-9-5-17(22)23/h1-4,15H,5-12H2,(H,19,24)(H,20,21)(H,22,23). The van der Waals surface area contributed by atoms with Gasteiger partial charge in [-0.25, -0.2) is 0 Å². The molecule has 8 heteroatoms. The number of carboxylic acid groups (broad SMARTS) is 1. The molecule has 0 unspecified atom stereocenters. The topological polar surface area (TPSA) is 114 Å². The van der Waals surface area contributed by atoms with Gasteiger partial charge in [0.05, 0.1) is 25.6 Å². The predicted molar refractivity (Wildman–Crippen MR) is 94.1 cm³/mol. The summed E-state index contributed by atoms with van der Waals surface area (Å²) in [6, 6.07) is 6.40. The molecule has 8 nitrogen and oxygen atoms in total. The molecule has 0 aromatic heterocycles. The van der Waals surface area contributed by atoms with Gasteiger partial charge in [0.25, 0.3) is 5.91 Å². The number of nitrogens with one attached hydrogen (secondary N) is 2. The zero-order valence-electron chi connectivity index (χ0n) is 14.5. The highest BCUT2D eigenvalue weighted by Crippen LogP contribution is 2.12. The fraction of sp³-hybridized carbons (Fsp3) is 0.500. The summed E-state index contributed by atoms with van der Waals surface area (Å²) in [5.41, 5.74) is 0.986. The number of amides is 2. The summed E-state index contributed by atoms with van der Waals surface area (Å²) in [5, 5.41) is 13.8. The van der Waals surface area contributed by atoms with Crippen LogP contribution in [0.4, 0.5) is 5.69 Å². The van der Waals surface area contributed by atoms with Crippen molar-refractivity contribution in [2.24, 2.45) is 0 Å². The molecule has 2 amide bonds. The van der Waals surface area contributed by atoms with Crippen LogP contribution in [-0.2, 0) is 19.1 Å². The molecule has 142 valence electrons. The Balaban J connectivity index is 1.69. The highest BCUT2D eigenvalue weighted by Gasteiger charge is 2.14. The monoisotopic (exact) mass is 364 g/mol. The van der Waals surface area contributed by atoms with Crippen molar-refractivity contribution < 1.29 is 29.0 Å². The van der Waals surface area contributed by atoms with E-state index < -0.39 is 5.97 Å². The second-order valence-electron chi connectivity index (χ2n) is 5.96. The van der Waals surface area contributed by atoms with Crippen molar-refractivity contribution in [3.05, 3.63) is 29.8 Å². The summed E-state index contributed by atoms with van der Waals surface area (Å²) in [6.45, 7) is 1.83. The highest BCUT2D eigenvalue weighted by atomic mass is 16.5. The minimum atomic E-state index is -0.968. The number of rotatable bonds is 9. The first-order chi connectivity index (χ1) is 12.5. The van der Waals surface area contributed by atoms with Crippen molar-refractivity contribution in [3.63, 3.8) is 0 Å². The first-order valence-corrected chi connectivity index (χ1v) is 8.64. The van der Waals surface area contributed by atoms with Crippen LogP contribution >= 0.6 is 0 Å². The van der Waals surface area contributed by atoms with Crippen LogP contribution in [0.2, 0.25) is 0 Å². The number of carboxylic acids is 1. The first kappa shape index (κ1) is 19.9. The second kappa shape index (κ2) is 10.5. The van der Waals surface area contributed by atoms with Crippen molar-refractivity contribution in [1.82, 2.24) is 5.32 Å². The molecule has 1 heterocycles. The molecule has 26 heavy (non-hydrogen) atoms. The normalized spacial score (nSPS) is 14.6. The van der Waals surface area contributed by atoms with Crippen molar-refractivity contribution in [2.45, 2.75) is 31.8 Å². The lowest BCUT2D eigenvalue weighted by Crippen LogP contribution is -2.26. The third kappa shape index (κ3) is 7.20. The highest BCUT2D eigenvalue weighted by molar-refractivity contribution is 5.95. The molecule has 1 saturated heterocycles. The third-order valence-electron chi connectivity index (χ3n) is 3.91. The maximum absolute atomic E-state index is 11.9. The molecule has 0 radical (unpaired) electrons. The second-order valence-corrected chi connectivity index (χ2v) is 5.96. The first-order valence-electron chi connectivity index (χ1n) is 8.64. The van der Waals surface area contributed by atoms with Crippen LogP contribution in [0.25, 0.3) is 0 Å². The molecule has 0 saturated carbocycles. The molecule has 1 aliphatic heterocycles. The predicted octanol–water partition coefficient (Wildman–Crippen LogP) is 1.42. The summed E-state index contributed by atoms with van der Waals surface area (Å²) < 4.78 is 10.9. The minimum absolute atomic E-state index is 0.0692. The SMILES string of the molecule is O=C(O)CCNC(=O)c1ccc(NC(=O)CCOC2CCOCC2)cc1. The quantitative estimate of drug-likeness (QED) is 0.611. The van der Waals surface area contributed by atoms with Gasteiger partial charge in [0.15, 0.2) is 0 Å². The fourth-order valence-corrected chi connectivity index (χ4v) is 2.47. The maximum Gasteiger partial charge on any atom is 0.305 e. The number of aliphatic carboxylic acids is 1. The number of hydrogen-bond donors (Lipinski definition) is 3. The third-order valence-corrected chi connectivity index (χ3v) is 3.91. The van der Waals surface area contributed by atoms with Crippen LogP contribution in [0.5, 0.6) is 0 Å². The molecule has 3 N–H and O–H groups in total. The van der Waals surface area contributed by atoms with E-state index in [9.17, 15) is 14.4 Å². The zero-order chi connectivity index (χ0) is 18.8. The molecule has 1 aromatic carbocycles. The molecule has 0 bridgehead atoms. The summed E-state index contributed by atoms with van der Waals surface area (Å²) in [6.07, 6.45) is 2.01. The van der Waals surface area contributed by atoms with Gasteiger partial charge in [-0.3, -0.25) is 14.4 Å². The van der Waals surface area contributed by atoms with Gasteiger partial charge in [0.2, 0.25) is 5.91 Å². The Kier molecular flexibility index (Phi) is 8.04. The van der Waals surface area contributed by atoms with E-state index in [2.05, 4.69) is 10.6 Å². The van der Waals surface area contributed by atoms with E-state index in [1.54, 1.807) is 24.3 Å². The molecule has 0 spiro atoms. The van der Waals surface area contributed by atoms with Crippen LogP contribution in [0, 0.1) is 0 Å². The Morgan fingerprint density at radius 1 is 1.12 bits per heavy atom. The average molecular weight is 364 g/mol. The van der Waals surface area contributed by atoms with Gasteiger partial charge in [0, 0.05) is 31.0 Å². The lowest BCUT2D eigenvalue weighted by atomic mass is 10.1. The summed E-state index contributed by atoms with van der Waals surface area (Å²) in [7, 11) is 0. The molecular weight excluding hydrogens is 340 g/mol. The van der Waals surface area contributed by atoms with Crippen LogP contribution in [0.15, 0.2) is 24.3 Å². The van der Waals surface area contributed by atoms with E-state index in [0.29, 0.717) is 31.1 Å². The molecule has 1 aliphatic rings. The Bertz CT molecular complexity index is 611. The van der Waals surface area contributed by atoms with Gasteiger partial charge in [0.1, 0.15) is 0 Å². The number of carbonyl (C=O) groups is 3. The molecule has 1 aromatic rings. The number of benzene rings is 1. The largest absolute Gasteiger partial charge is 0.481 e. The van der Waals surface area contributed by atoms with Gasteiger partial charge in [-0.15, -0.1) is 0 Å². The molecule has 2 rings (SSSR count).